The van der Waals surface area contributed by atoms with E-state index in [1.54, 1.807) is 45.0 Å². The van der Waals surface area contributed by atoms with Gasteiger partial charge < -0.3 is 19.6 Å². The first kappa shape index (κ1) is 22.5. The molecule has 1 amide bonds. The monoisotopic (exact) mass is 445 g/mol. The molecule has 0 radical (unpaired) electrons. The summed E-state index contributed by atoms with van der Waals surface area (Å²) in [6, 6.07) is 7.10. The lowest BCUT2D eigenvalue weighted by Crippen LogP contribution is -2.34. The Morgan fingerprint density at radius 1 is 1.29 bits per heavy atom. The fourth-order valence-corrected chi connectivity index (χ4v) is 2.77. The van der Waals surface area contributed by atoms with Crippen molar-refractivity contribution in [1.82, 2.24) is 15.0 Å². The van der Waals surface area contributed by atoms with Gasteiger partial charge >= 0.3 is 6.09 Å². The number of oxazole rings is 1. The summed E-state index contributed by atoms with van der Waals surface area (Å²) in [6.45, 7) is 5.93. The van der Waals surface area contributed by atoms with Crippen molar-refractivity contribution in [1.29, 1.82) is 0 Å². The molecule has 0 unspecified atom stereocenters. The van der Waals surface area contributed by atoms with Gasteiger partial charge in [-0.25, -0.2) is 19.7 Å². The number of carbonyl (C=O) groups is 1. The minimum atomic E-state index is -0.709. The van der Waals surface area contributed by atoms with E-state index in [9.17, 15) is 4.79 Å². The van der Waals surface area contributed by atoms with Crippen molar-refractivity contribution in [3.8, 4) is 11.5 Å². The molecule has 3 rings (SSSR count). The highest BCUT2D eigenvalue weighted by molar-refractivity contribution is 6.31. The van der Waals surface area contributed by atoms with Gasteiger partial charge in [-0.15, -0.1) is 0 Å². The fraction of sp³-hybridized carbons (Fsp3) is 0.333. The van der Waals surface area contributed by atoms with Crippen LogP contribution >= 0.6 is 11.6 Å². The normalized spacial score (nSPS) is 11.3. The van der Waals surface area contributed by atoms with E-state index in [1.807, 2.05) is 0 Å². The van der Waals surface area contributed by atoms with E-state index in [2.05, 4.69) is 20.3 Å². The molecule has 2 aromatic heterocycles. The molecule has 0 spiro atoms. The SMILES string of the molecule is CC(C)(C)OC(=O)N(c1cccc(Cl)c1)c1cncc(-c2cnc(NCCCO)o2)n1. The number of hydrogen-bond donors (Lipinski definition) is 2. The number of benzene rings is 1. The number of nitrogens with one attached hydrogen (secondary N) is 1. The number of ether oxygens (including phenoxy) is 1. The summed E-state index contributed by atoms with van der Waals surface area (Å²) in [5.74, 6) is 0.608. The van der Waals surface area contributed by atoms with Crippen molar-refractivity contribution in [3.63, 3.8) is 0 Å². The van der Waals surface area contributed by atoms with Crippen LogP contribution in [0.15, 0.2) is 47.3 Å². The van der Waals surface area contributed by atoms with Gasteiger partial charge in [-0.2, -0.15) is 0 Å². The quantitative estimate of drug-likeness (QED) is 0.505. The topological polar surface area (TPSA) is 114 Å². The number of aliphatic hydroxyl groups excluding tert-OH is 1. The van der Waals surface area contributed by atoms with Gasteiger partial charge in [-0.3, -0.25) is 4.98 Å². The summed E-state index contributed by atoms with van der Waals surface area (Å²) in [6.07, 6.45) is 4.41. The number of carbonyl (C=O) groups excluding carboxylic acids is 1. The van der Waals surface area contributed by atoms with Gasteiger partial charge in [0.05, 0.1) is 24.3 Å². The summed E-state index contributed by atoms with van der Waals surface area (Å²) in [5.41, 5.74) is 0.159. The highest BCUT2D eigenvalue weighted by atomic mass is 35.5. The van der Waals surface area contributed by atoms with Crippen LogP contribution in [0.2, 0.25) is 5.02 Å². The van der Waals surface area contributed by atoms with Crippen molar-refractivity contribution in [2.45, 2.75) is 32.8 Å². The fourth-order valence-electron chi connectivity index (χ4n) is 2.58. The van der Waals surface area contributed by atoms with Crippen LogP contribution in [-0.2, 0) is 4.74 Å². The molecule has 0 aliphatic rings. The predicted octanol–water partition coefficient (Wildman–Crippen LogP) is 4.65. The number of aliphatic hydroxyl groups is 1. The lowest BCUT2D eigenvalue weighted by atomic mass is 10.2. The average molecular weight is 446 g/mol. The lowest BCUT2D eigenvalue weighted by Gasteiger charge is -2.26. The second kappa shape index (κ2) is 9.76. The zero-order chi connectivity index (χ0) is 22.4. The van der Waals surface area contributed by atoms with Gasteiger partial charge in [0.15, 0.2) is 11.6 Å². The molecule has 0 fully saturated rings. The Hall–Kier alpha value is -3.17. The number of hydrogen-bond acceptors (Lipinski definition) is 8. The molecule has 2 heterocycles. The summed E-state index contributed by atoms with van der Waals surface area (Å²) in [5, 5.41) is 12.3. The molecule has 164 valence electrons. The van der Waals surface area contributed by atoms with E-state index in [1.165, 1.54) is 23.5 Å². The summed E-state index contributed by atoms with van der Waals surface area (Å²) in [7, 11) is 0. The minimum absolute atomic E-state index is 0.0675. The lowest BCUT2D eigenvalue weighted by molar-refractivity contribution is 0.0598. The first-order chi connectivity index (χ1) is 14.8. The Morgan fingerprint density at radius 3 is 2.81 bits per heavy atom. The largest absolute Gasteiger partial charge is 0.443 e. The van der Waals surface area contributed by atoms with Crippen molar-refractivity contribution in [2.75, 3.05) is 23.4 Å². The number of nitrogens with zero attached hydrogens (tertiary/aromatic N) is 4. The van der Waals surface area contributed by atoms with Crippen LogP contribution in [0.3, 0.4) is 0 Å². The number of rotatable bonds is 7. The molecular weight excluding hydrogens is 422 g/mol. The maximum absolute atomic E-state index is 13.0. The van der Waals surface area contributed by atoms with Crippen molar-refractivity contribution >= 4 is 35.2 Å². The summed E-state index contributed by atoms with van der Waals surface area (Å²) in [4.78, 5) is 27.2. The van der Waals surface area contributed by atoms with Crippen LogP contribution in [0, 0.1) is 0 Å². The van der Waals surface area contributed by atoms with Gasteiger partial charge in [0.1, 0.15) is 11.3 Å². The highest BCUT2D eigenvalue weighted by Gasteiger charge is 2.27. The Morgan fingerprint density at radius 2 is 2.10 bits per heavy atom. The van der Waals surface area contributed by atoms with Crippen LogP contribution in [0.4, 0.5) is 22.3 Å². The highest BCUT2D eigenvalue weighted by Crippen LogP contribution is 2.30. The smallest absolute Gasteiger partial charge is 0.420 e. The van der Waals surface area contributed by atoms with Crippen LogP contribution in [0.25, 0.3) is 11.5 Å². The van der Waals surface area contributed by atoms with Crippen LogP contribution in [-0.4, -0.2) is 44.9 Å². The molecule has 1 aromatic carbocycles. The standard InChI is InChI=1S/C21H24ClN5O4/c1-21(2,3)31-20(29)27(15-7-4-6-14(22)10-15)18-13-23-11-16(26-18)17-12-25-19(30-17)24-8-5-9-28/h4,6-7,10-13,28H,5,8-9H2,1-3H3,(H,24,25). The molecule has 31 heavy (non-hydrogen) atoms. The third kappa shape index (κ3) is 6.16. The molecular formula is C21H24ClN5O4. The molecule has 0 aliphatic heterocycles. The minimum Gasteiger partial charge on any atom is -0.443 e. The molecule has 0 bridgehead atoms. The van der Waals surface area contributed by atoms with Crippen molar-refractivity contribution in [3.05, 3.63) is 47.9 Å². The Kier molecular flexibility index (Phi) is 7.09. The zero-order valence-electron chi connectivity index (χ0n) is 17.5. The number of anilines is 3. The first-order valence-corrected chi connectivity index (χ1v) is 10.1. The third-order valence-corrected chi connectivity index (χ3v) is 4.10. The van der Waals surface area contributed by atoms with E-state index >= 15 is 0 Å². The van der Waals surface area contributed by atoms with Gasteiger partial charge in [0.25, 0.3) is 6.01 Å². The molecule has 0 saturated carbocycles. The summed E-state index contributed by atoms with van der Waals surface area (Å²) >= 11 is 6.14. The third-order valence-electron chi connectivity index (χ3n) is 3.86. The average Bonchev–Trinajstić information content (AvgIpc) is 3.16. The molecule has 9 nitrogen and oxygen atoms in total. The van der Waals surface area contributed by atoms with Gasteiger partial charge in [-0.05, 0) is 45.4 Å². The Bertz CT molecular complexity index is 1030. The maximum atomic E-state index is 13.0. The van der Waals surface area contributed by atoms with E-state index < -0.39 is 11.7 Å². The molecule has 0 atom stereocenters. The van der Waals surface area contributed by atoms with Crippen molar-refractivity contribution in [2.24, 2.45) is 0 Å². The van der Waals surface area contributed by atoms with Crippen LogP contribution in [0.5, 0.6) is 0 Å². The molecule has 3 aromatic rings. The van der Waals surface area contributed by atoms with E-state index in [-0.39, 0.29) is 12.4 Å². The number of amides is 1. The van der Waals surface area contributed by atoms with E-state index in [0.29, 0.717) is 41.1 Å². The maximum Gasteiger partial charge on any atom is 0.420 e. The van der Waals surface area contributed by atoms with Crippen LogP contribution < -0.4 is 10.2 Å². The van der Waals surface area contributed by atoms with Gasteiger partial charge in [-0.1, -0.05) is 17.7 Å². The van der Waals surface area contributed by atoms with Crippen LogP contribution in [0.1, 0.15) is 27.2 Å². The Labute approximate surface area is 185 Å². The molecule has 0 aliphatic carbocycles. The molecule has 2 N–H and O–H groups in total. The second-order valence-electron chi connectivity index (χ2n) is 7.59. The summed E-state index contributed by atoms with van der Waals surface area (Å²) < 4.78 is 11.2. The van der Waals surface area contributed by atoms with Gasteiger partial charge in [0.2, 0.25) is 0 Å². The predicted molar refractivity (Wildman–Crippen MR) is 118 cm³/mol. The second-order valence-corrected chi connectivity index (χ2v) is 8.03. The zero-order valence-corrected chi connectivity index (χ0v) is 18.3. The number of halogens is 1. The van der Waals surface area contributed by atoms with Crippen molar-refractivity contribution < 1.29 is 19.1 Å². The van der Waals surface area contributed by atoms with E-state index in [0.717, 1.165) is 0 Å². The molecule has 0 saturated heterocycles. The Balaban J connectivity index is 1.94. The van der Waals surface area contributed by atoms with Gasteiger partial charge in [0, 0.05) is 18.2 Å². The van der Waals surface area contributed by atoms with E-state index in [4.69, 9.17) is 25.9 Å². The number of aromatic nitrogens is 3. The first-order valence-electron chi connectivity index (χ1n) is 9.68. The molecule has 10 heteroatoms.